The lowest BCUT2D eigenvalue weighted by Crippen LogP contribution is -2.61. The van der Waals surface area contributed by atoms with E-state index in [0.717, 1.165) is 18.7 Å². The zero-order chi connectivity index (χ0) is 8.60. The van der Waals surface area contributed by atoms with Crippen molar-refractivity contribution in [1.29, 1.82) is 0 Å². The summed E-state index contributed by atoms with van der Waals surface area (Å²) < 4.78 is 4.93. The van der Waals surface area contributed by atoms with Crippen LogP contribution in [0, 0.1) is 0 Å². The SMILES string of the molecule is CN1CC(O)(Cc2ccoc2)C1. The third kappa shape index (κ3) is 1.38. The molecular weight excluding hydrogens is 154 g/mol. The van der Waals surface area contributed by atoms with Crippen molar-refractivity contribution in [3.63, 3.8) is 0 Å². The van der Waals surface area contributed by atoms with Crippen molar-refractivity contribution in [1.82, 2.24) is 4.90 Å². The maximum atomic E-state index is 9.87. The Kier molecular flexibility index (Phi) is 1.70. The second kappa shape index (κ2) is 2.61. The van der Waals surface area contributed by atoms with Crippen LogP contribution in [0.1, 0.15) is 5.56 Å². The summed E-state index contributed by atoms with van der Waals surface area (Å²) in [6.45, 7) is 1.52. The monoisotopic (exact) mass is 167 g/mol. The topological polar surface area (TPSA) is 36.6 Å². The van der Waals surface area contributed by atoms with Gasteiger partial charge in [-0.05, 0) is 18.7 Å². The van der Waals surface area contributed by atoms with E-state index in [-0.39, 0.29) is 0 Å². The van der Waals surface area contributed by atoms with Gasteiger partial charge in [-0.2, -0.15) is 0 Å². The quantitative estimate of drug-likeness (QED) is 0.696. The fourth-order valence-electron chi connectivity index (χ4n) is 1.84. The molecule has 2 heterocycles. The van der Waals surface area contributed by atoms with E-state index in [4.69, 9.17) is 4.42 Å². The first-order valence-corrected chi connectivity index (χ1v) is 4.10. The van der Waals surface area contributed by atoms with Gasteiger partial charge in [-0.3, -0.25) is 0 Å². The molecule has 1 N–H and O–H groups in total. The molecule has 1 fully saturated rings. The third-order valence-corrected chi connectivity index (χ3v) is 2.24. The summed E-state index contributed by atoms with van der Waals surface area (Å²) >= 11 is 0. The first-order valence-electron chi connectivity index (χ1n) is 4.10. The number of hydrogen-bond donors (Lipinski definition) is 1. The van der Waals surface area contributed by atoms with Gasteiger partial charge in [0.15, 0.2) is 0 Å². The number of likely N-dealkylation sites (tertiary alicyclic amines) is 1. The second-order valence-corrected chi connectivity index (χ2v) is 3.71. The van der Waals surface area contributed by atoms with Gasteiger partial charge >= 0.3 is 0 Å². The molecule has 0 amide bonds. The Balaban J connectivity index is 1.96. The average molecular weight is 167 g/mol. The number of nitrogens with zero attached hydrogens (tertiary/aromatic N) is 1. The van der Waals surface area contributed by atoms with Crippen LogP contribution >= 0.6 is 0 Å². The predicted molar refractivity (Wildman–Crippen MR) is 44.9 cm³/mol. The van der Waals surface area contributed by atoms with Gasteiger partial charge in [0.25, 0.3) is 0 Å². The molecule has 0 radical (unpaired) electrons. The van der Waals surface area contributed by atoms with E-state index < -0.39 is 5.60 Å². The van der Waals surface area contributed by atoms with E-state index in [9.17, 15) is 5.11 Å². The number of furan rings is 1. The van der Waals surface area contributed by atoms with Gasteiger partial charge < -0.3 is 14.4 Å². The molecule has 3 heteroatoms. The van der Waals surface area contributed by atoms with Gasteiger partial charge in [-0.25, -0.2) is 0 Å². The van der Waals surface area contributed by atoms with Crippen molar-refractivity contribution < 1.29 is 9.52 Å². The maximum absolute atomic E-state index is 9.87. The molecule has 2 rings (SSSR count). The van der Waals surface area contributed by atoms with Crippen LogP contribution in [0.2, 0.25) is 0 Å². The molecule has 1 aliphatic rings. The summed E-state index contributed by atoms with van der Waals surface area (Å²) in [5.74, 6) is 0. The van der Waals surface area contributed by atoms with Gasteiger partial charge in [0.1, 0.15) is 0 Å². The molecule has 3 nitrogen and oxygen atoms in total. The summed E-state index contributed by atoms with van der Waals surface area (Å²) in [6.07, 6.45) is 4.03. The second-order valence-electron chi connectivity index (χ2n) is 3.71. The lowest BCUT2D eigenvalue weighted by atomic mass is 9.89. The van der Waals surface area contributed by atoms with Crippen LogP contribution in [0.4, 0.5) is 0 Å². The molecule has 1 saturated heterocycles. The lowest BCUT2D eigenvalue weighted by molar-refractivity contribution is -0.0848. The minimum absolute atomic E-state index is 0.515. The van der Waals surface area contributed by atoms with Gasteiger partial charge in [-0.1, -0.05) is 0 Å². The number of hydrogen-bond acceptors (Lipinski definition) is 3. The first kappa shape index (κ1) is 7.83. The van der Waals surface area contributed by atoms with Crippen molar-refractivity contribution >= 4 is 0 Å². The molecule has 1 aliphatic heterocycles. The summed E-state index contributed by atoms with van der Waals surface area (Å²) in [4.78, 5) is 2.10. The molecule has 0 atom stereocenters. The van der Waals surface area contributed by atoms with E-state index >= 15 is 0 Å². The zero-order valence-corrected chi connectivity index (χ0v) is 7.16. The Hall–Kier alpha value is -0.800. The third-order valence-electron chi connectivity index (χ3n) is 2.24. The average Bonchev–Trinajstić information content (AvgIpc) is 2.36. The minimum atomic E-state index is -0.515. The fraction of sp³-hybridized carbons (Fsp3) is 0.556. The molecule has 0 bridgehead atoms. The molecular formula is C9H13NO2. The Labute approximate surface area is 71.6 Å². The summed E-state index contributed by atoms with van der Waals surface area (Å²) in [5, 5.41) is 9.87. The fourth-order valence-corrected chi connectivity index (χ4v) is 1.84. The highest BCUT2D eigenvalue weighted by Crippen LogP contribution is 2.23. The molecule has 0 spiro atoms. The number of β-amino-alcohol motifs (C(OH)–C–C–N with tert-alkyl or cyclic N) is 1. The normalized spacial score (nSPS) is 22.2. The molecule has 12 heavy (non-hydrogen) atoms. The Morgan fingerprint density at radius 1 is 1.67 bits per heavy atom. The van der Waals surface area contributed by atoms with Gasteiger partial charge in [-0.15, -0.1) is 0 Å². The molecule has 0 aromatic carbocycles. The Morgan fingerprint density at radius 2 is 2.42 bits per heavy atom. The summed E-state index contributed by atoms with van der Waals surface area (Å²) in [6, 6.07) is 1.90. The smallest absolute Gasteiger partial charge is 0.0941 e. The van der Waals surface area contributed by atoms with Crippen LogP contribution in [0.5, 0.6) is 0 Å². The first-order chi connectivity index (χ1) is 5.68. The van der Waals surface area contributed by atoms with Crippen LogP contribution in [0.15, 0.2) is 23.0 Å². The molecule has 1 aromatic heterocycles. The Bertz CT molecular complexity index is 250. The predicted octanol–water partition coefficient (Wildman–Crippen LogP) is 0.499. The van der Waals surface area contributed by atoms with Gasteiger partial charge in [0.2, 0.25) is 0 Å². The lowest BCUT2D eigenvalue weighted by Gasteiger charge is -2.44. The van der Waals surface area contributed by atoms with Crippen LogP contribution in [0.3, 0.4) is 0 Å². The standard InChI is InChI=1S/C9H13NO2/c1-10-6-9(11,7-10)4-8-2-3-12-5-8/h2-3,5,11H,4,6-7H2,1H3. The van der Waals surface area contributed by atoms with Gasteiger partial charge in [0.05, 0.1) is 18.1 Å². The van der Waals surface area contributed by atoms with Crippen LogP contribution < -0.4 is 0 Å². The van der Waals surface area contributed by atoms with Crippen LogP contribution in [0.25, 0.3) is 0 Å². The van der Waals surface area contributed by atoms with Crippen molar-refractivity contribution in [2.45, 2.75) is 12.0 Å². The van der Waals surface area contributed by atoms with Crippen molar-refractivity contribution in [2.75, 3.05) is 20.1 Å². The van der Waals surface area contributed by atoms with Crippen molar-refractivity contribution in [2.24, 2.45) is 0 Å². The number of rotatable bonds is 2. The van der Waals surface area contributed by atoms with Crippen LogP contribution in [-0.4, -0.2) is 35.7 Å². The Morgan fingerprint density at radius 3 is 2.92 bits per heavy atom. The van der Waals surface area contributed by atoms with E-state index in [1.165, 1.54) is 0 Å². The highest BCUT2D eigenvalue weighted by atomic mass is 16.3. The highest BCUT2D eigenvalue weighted by molar-refractivity contribution is 5.12. The largest absolute Gasteiger partial charge is 0.472 e. The maximum Gasteiger partial charge on any atom is 0.0941 e. The van der Waals surface area contributed by atoms with Crippen LogP contribution in [-0.2, 0) is 6.42 Å². The zero-order valence-electron chi connectivity index (χ0n) is 7.16. The highest BCUT2D eigenvalue weighted by Gasteiger charge is 2.38. The number of aliphatic hydroxyl groups is 1. The van der Waals surface area contributed by atoms with E-state index in [0.29, 0.717) is 6.42 Å². The molecule has 0 aliphatic carbocycles. The molecule has 0 saturated carbocycles. The van der Waals surface area contributed by atoms with Crippen molar-refractivity contribution in [3.8, 4) is 0 Å². The summed E-state index contributed by atoms with van der Waals surface area (Å²) in [5.41, 5.74) is 0.559. The minimum Gasteiger partial charge on any atom is -0.472 e. The molecule has 1 aromatic rings. The molecule has 66 valence electrons. The summed E-state index contributed by atoms with van der Waals surface area (Å²) in [7, 11) is 2.00. The van der Waals surface area contributed by atoms with Crippen molar-refractivity contribution in [3.05, 3.63) is 24.2 Å². The number of likely N-dealkylation sites (N-methyl/N-ethyl adjacent to an activating group) is 1. The van der Waals surface area contributed by atoms with E-state index in [2.05, 4.69) is 4.90 Å². The van der Waals surface area contributed by atoms with E-state index in [1.54, 1.807) is 12.5 Å². The molecule has 0 unspecified atom stereocenters. The van der Waals surface area contributed by atoms with Gasteiger partial charge in [0, 0.05) is 19.5 Å². The van der Waals surface area contributed by atoms with E-state index in [1.807, 2.05) is 13.1 Å².